The van der Waals surface area contributed by atoms with Crippen LogP contribution in [0.3, 0.4) is 0 Å². The van der Waals surface area contributed by atoms with Crippen LogP contribution in [0.4, 0.5) is 0 Å². The zero-order chi connectivity index (χ0) is 13.4. The predicted octanol–water partition coefficient (Wildman–Crippen LogP) is 3.37. The molecule has 106 valence electrons. The average Bonchev–Trinajstić information content (AvgIpc) is 2.40. The van der Waals surface area contributed by atoms with Crippen LogP contribution >= 0.6 is 0 Å². The molecule has 1 aliphatic heterocycles. The fourth-order valence-electron chi connectivity index (χ4n) is 3.03. The number of rotatable bonds is 7. The minimum atomic E-state index is -0.0357. The standard InChI is InChI=1S/C15H29NO2/c1-4-6-11-14(15(17)18-3)16-12-8-7-10-13(16)9-5-2/h13-14H,4-12H2,1-3H3. The van der Waals surface area contributed by atoms with Gasteiger partial charge in [0.1, 0.15) is 6.04 Å². The van der Waals surface area contributed by atoms with E-state index in [-0.39, 0.29) is 12.0 Å². The Labute approximate surface area is 112 Å². The van der Waals surface area contributed by atoms with E-state index in [4.69, 9.17) is 4.74 Å². The Morgan fingerprint density at radius 1 is 1.33 bits per heavy atom. The minimum Gasteiger partial charge on any atom is -0.468 e. The highest BCUT2D eigenvalue weighted by molar-refractivity contribution is 5.75. The van der Waals surface area contributed by atoms with E-state index in [9.17, 15) is 4.79 Å². The van der Waals surface area contributed by atoms with Gasteiger partial charge in [0.05, 0.1) is 7.11 Å². The van der Waals surface area contributed by atoms with Crippen LogP contribution in [0.15, 0.2) is 0 Å². The zero-order valence-electron chi connectivity index (χ0n) is 12.3. The quantitative estimate of drug-likeness (QED) is 0.653. The van der Waals surface area contributed by atoms with E-state index in [0.717, 1.165) is 25.8 Å². The van der Waals surface area contributed by atoms with E-state index in [1.165, 1.54) is 39.2 Å². The summed E-state index contributed by atoms with van der Waals surface area (Å²) in [6, 6.07) is 0.580. The third-order valence-electron chi connectivity index (χ3n) is 4.00. The van der Waals surface area contributed by atoms with Crippen LogP contribution in [-0.2, 0) is 9.53 Å². The highest BCUT2D eigenvalue weighted by Gasteiger charge is 2.32. The molecule has 0 spiro atoms. The molecule has 0 aromatic heterocycles. The van der Waals surface area contributed by atoms with Crippen LogP contribution in [-0.4, -0.2) is 36.6 Å². The third-order valence-corrected chi connectivity index (χ3v) is 4.00. The molecule has 1 heterocycles. The first-order chi connectivity index (χ1) is 8.74. The molecular formula is C15H29NO2. The Morgan fingerprint density at radius 3 is 2.72 bits per heavy atom. The second-order valence-corrected chi connectivity index (χ2v) is 5.36. The van der Waals surface area contributed by atoms with E-state index in [1.54, 1.807) is 0 Å². The Hall–Kier alpha value is -0.570. The maximum absolute atomic E-state index is 12.0. The summed E-state index contributed by atoms with van der Waals surface area (Å²) in [7, 11) is 1.51. The molecule has 2 atom stereocenters. The van der Waals surface area contributed by atoms with Crippen molar-refractivity contribution in [2.24, 2.45) is 0 Å². The summed E-state index contributed by atoms with van der Waals surface area (Å²) >= 11 is 0. The minimum absolute atomic E-state index is 0.00759. The van der Waals surface area contributed by atoms with Crippen molar-refractivity contribution in [3.05, 3.63) is 0 Å². The lowest BCUT2D eigenvalue weighted by Crippen LogP contribution is -2.50. The predicted molar refractivity (Wildman–Crippen MR) is 74.6 cm³/mol. The second kappa shape index (κ2) is 8.52. The number of esters is 1. The highest BCUT2D eigenvalue weighted by Crippen LogP contribution is 2.25. The zero-order valence-corrected chi connectivity index (χ0v) is 12.3. The summed E-state index contributed by atoms with van der Waals surface area (Å²) in [6.07, 6.45) is 9.37. The van der Waals surface area contributed by atoms with Gasteiger partial charge in [0, 0.05) is 6.04 Å². The monoisotopic (exact) mass is 255 g/mol. The van der Waals surface area contributed by atoms with E-state index in [2.05, 4.69) is 18.7 Å². The van der Waals surface area contributed by atoms with Gasteiger partial charge < -0.3 is 4.74 Å². The van der Waals surface area contributed by atoms with Gasteiger partial charge in [-0.25, -0.2) is 0 Å². The fourth-order valence-corrected chi connectivity index (χ4v) is 3.03. The molecule has 1 aliphatic rings. The number of hydrogen-bond donors (Lipinski definition) is 0. The molecule has 0 radical (unpaired) electrons. The summed E-state index contributed by atoms with van der Waals surface area (Å²) in [4.78, 5) is 14.4. The van der Waals surface area contributed by atoms with E-state index < -0.39 is 0 Å². The molecule has 0 saturated carbocycles. The van der Waals surface area contributed by atoms with Crippen LogP contribution in [0.5, 0.6) is 0 Å². The normalized spacial score (nSPS) is 22.7. The molecule has 0 N–H and O–H groups in total. The number of piperidine rings is 1. The number of carbonyl (C=O) groups excluding carboxylic acids is 1. The fraction of sp³-hybridized carbons (Fsp3) is 0.933. The van der Waals surface area contributed by atoms with Gasteiger partial charge in [-0.05, 0) is 32.2 Å². The van der Waals surface area contributed by atoms with Crippen LogP contribution in [0.1, 0.15) is 65.2 Å². The largest absolute Gasteiger partial charge is 0.468 e. The van der Waals surface area contributed by atoms with Gasteiger partial charge >= 0.3 is 5.97 Å². The molecule has 1 rings (SSSR count). The van der Waals surface area contributed by atoms with Gasteiger partial charge in [0.2, 0.25) is 0 Å². The molecule has 1 fully saturated rings. The van der Waals surface area contributed by atoms with E-state index in [0.29, 0.717) is 6.04 Å². The Kier molecular flexibility index (Phi) is 7.33. The van der Waals surface area contributed by atoms with Crippen molar-refractivity contribution in [3.8, 4) is 0 Å². The molecule has 18 heavy (non-hydrogen) atoms. The molecule has 0 aromatic carbocycles. The first-order valence-electron chi connectivity index (χ1n) is 7.58. The van der Waals surface area contributed by atoms with Gasteiger partial charge in [-0.1, -0.05) is 39.5 Å². The molecule has 0 amide bonds. The van der Waals surface area contributed by atoms with Gasteiger partial charge in [-0.2, -0.15) is 0 Å². The average molecular weight is 255 g/mol. The molecule has 2 unspecified atom stereocenters. The maximum Gasteiger partial charge on any atom is 0.323 e. The smallest absolute Gasteiger partial charge is 0.323 e. The van der Waals surface area contributed by atoms with Crippen LogP contribution in [0.25, 0.3) is 0 Å². The van der Waals surface area contributed by atoms with Crippen molar-refractivity contribution in [3.63, 3.8) is 0 Å². The summed E-state index contributed by atoms with van der Waals surface area (Å²) < 4.78 is 5.01. The van der Waals surface area contributed by atoms with Crippen molar-refractivity contribution in [1.82, 2.24) is 4.90 Å². The van der Waals surface area contributed by atoms with E-state index in [1.807, 2.05) is 0 Å². The van der Waals surface area contributed by atoms with Crippen molar-refractivity contribution in [1.29, 1.82) is 0 Å². The number of carbonyl (C=O) groups is 1. The van der Waals surface area contributed by atoms with Crippen molar-refractivity contribution < 1.29 is 9.53 Å². The van der Waals surface area contributed by atoms with Crippen molar-refractivity contribution in [2.45, 2.75) is 77.3 Å². The summed E-state index contributed by atoms with van der Waals surface area (Å²) in [6.45, 7) is 5.47. The SMILES string of the molecule is CCCCC(C(=O)OC)N1CCCCC1CCC. The number of unbranched alkanes of at least 4 members (excludes halogenated alkanes) is 1. The highest BCUT2D eigenvalue weighted by atomic mass is 16.5. The Balaban J connectivity index is 2.69. The first-order valence-corrected chi connectivity index (χ1v) is 7.58. The Morgan fingerprint density at radius 2 is 2.11 bits per heavy atom. The third kappa shape index (κ3) is 4.27. The van der Waals surface area contributed by atoms with Crippen molar-refractivity contribution in [2.75, 3.05) is 13.7 Å². The molecule has 0 aliphatic carbocycles. The van der Waals surface area contributed by atoms with Crippen LogP contribution < -0.4 is 0 Å². The number of ether oxygens (including phenoxy) is 1. The molecular weight excluding hydrogens is 226 g/mol. The van der Waals surface area contributed by atoms with Crippen LogP contribution in [0, 0.1) is 0 Å². The number of nitrogens with zero attached hydrogens (tertiary/aromatic N) is 1. The topological polar surface area (TPSA) is 29.5 Å². The lowest BCUT2D eigenvalue weighted by Gasteiger charge is -2.40. The molecule has 0 aromatic rings. The number of hydrogen-bond acceptors (Lipinski definition) is 3. The maximum atomic E-state index is 12.0. The van der Waals surface area contributed by atoms with Gasteiger partial charge in [0.25, 0.3) is 0 Å². The molecule has 3 nitrogen and oxygen atoms in total. The van der Waals surface area contributed by atoms with Gasteiger partial charge in [0.15, 0.2) is 0 Å². The lowest BCUT2D eigenvalue weighted by atomic mass is 9.94. The summed E-state index contributed by atoms with van der Waals surface area (Å²) in [5, 5.41) is 0. The number of methoxy groups -OCH3 is 1. The van der Waals surface area contributed by atoms with Gasteiger partial charge in [-0.3, -0.25) is 9.69 Å². The van der Waals surface area contributed by atoms with Crippen molar-refractivity contribution >= 4 is 5.97 Å². The second-order valence-electron chi connectivity index (χ2n) is 5.36. The van der Waals surface area contributed by atoms with Crippen LogP contribution in [0.2, 0.25) is 0 Å². The summed E-state index contributed by atoms with van der Waals surface area (Å²) in [5.74, 6) is -0.0357. The first kappa shape index (κ1) is 15.5. The molecule has 1 saturated heterocycles. The van der Waals surface area contributed by atoms with Gasteiger partial charge in [-0.15, -0.1) is 0 Å². The molecule has 3 heteroatoms. The number of likely N-dealkylation sites (tertiary alicyclic amines) is 1. The van der Waals surface area contributed by atoms with E-state index >= 15 is 0 Å². The Bertz CT molecular complexity index is 241. The summed E-state index contributed by atoms with van der Waals surface area (Å²) in [5.41, 5.74) is 0. The lowest BCUT2D eigenvalue weighted by molar-refractivity contribution is -0.149. The molecule has 0 bridgehead atoms.